The van der Waals surface area contributed by atoms with E-state index in [1.165, 1.54) is 0 Å². The predicted octanol–water partition coefficient (Wildman–Crippen LogP) is 2.09. The molecule has 0 aromatic heterocycles. The molecule has 1 amide bonds. The Morgan fingerprint density at radius 3 is 2.59 bits per heavy atom. The lowest BCUT2D eigenvalue weighted by Gasteiger charge is -2.15. The van der Waals surface area contributed by atoms with E-state index in [0.717, 1.165) is 31.4 Å². The summed E-state index contributed by atoms with van der Waals surface area (Å²) in [4.78, 5) is 13.9. The highest BCUT2D eigenvalue weighted by Gasteiger charge is 2.07. The highest BCUT2D eigenvalue weighted by molar-refractivity contribution is 5.77. The van der Waals surface area contributed by atoms with Crippen LogP contribution in [-0.4, -0.2) is 51.7 Å². The van der Waals surface area contributed by atoms with Crippen molar-refractivity contribution in [3.63, 3.8) is 0 Å². The molecule has 0 radical (unpaired) electrons. The molecule has 1 aromatic carbocycles. The van der Waals surface area contributed by atoms with E-state index in [-0.39, 0.29) is 5.91 Å². The third-order valence-electron chi connectivity index (χ3n) is 3.49. The molecule has 1 aromatic rings. The molecule has 5 nitrogen and oxygen atoms in total. The van der Waals surface area contributed by atoms with Crippen molar-refractivity contribution in [2.24, 2.45) is 0 Å². The first kappa shape index (κ1) is 18.3. The summed E-state index contributed by atoms with van der Waals surface area (Å²) < 4.78 is 10.5. The SMILES string of the molecule is CCCCN(C)CC(=O)NCCc1ccc(OC)c(OC)c1. The summed E-state index contributed by atoms with van der Waals surface area (Å²) in [6, 6.07) is 5.81. The number of hydrogen-bond donors (Lipinski definition) is 1. The molecule has 22 heavy (non-hydrogen) atoms. The van der Waals surface area contributed by atoms with Crippen LogP contribution >= 0.6 is 0 Å². The average molecular weight is 308 g/mol. The zero-order valence-electron chi connectivity index (χ0n) is 14.1. The van der Waals surface area contributed by atoms with E-state index >= 15 is 0 Å². The van der Waals surface area contributed by atoms with Crippen LogP contribution in [0.25, 0.3) is 0 Å². The minimum Gasteiger partial charge on any atom is -0.493 e. The zero-order chi connectivity index (χ0) is 16.4. The number of likely N-dealkylation sites (N-methyl/N-ethyl adjacent to an activating group) is 1. The van der Waals surface area contributed by atoms with Crippen molar-refractivity contribution in [3.8, 4) is 11.5 Å². The molecule has 1 rings (SSSR count). The van der Waals surface area contributed by atoms with Gasteiger partial charge in [-0.15, -0.1) is 0 Å². The van der Waals surface area contributed by atoms with Crippen LogP contribution in [0.3, 0.4) is 0 Å². The van der Waals surface area contributed by atoms with Gasteiger partial charge in [0.1, 0.15) is 0 Å². The van der Waals surface area contributed by atoms with Crippen LogP contribution in [0.4, 0.5) is 0 Å². The van der Waals surface area contributed by atoms with Crippen LogP contribution in [0.15, 0.2) is 18.2 Å². The molecular weight excluding hydrogens is 280 g/mol. The van der Waals surface area contributed by atoms with Crippen LogP contribution in [-0.2, 0) is 11.2 Å². The van der Waals surface area contributed by atoms with E-state index in [1.54, 1.807) is 14.2 Å². The van der Waals surface area contributed by atoms with Gasteiger partial charge in [0, 0.05) is 6.54 Å². The topological polar surface area (TPSA) is 50.8 Å². The highest BCUT2D eigenvalue weighted by Crippen LogP contribution is 2.27. The quantitative estimate of drug-likeness (QED) is 0.719. The van der Waals surface area contributed by atoms with Gasteiger partial charge in [-0.2, -0.15) is 0 Å². The molecule has 0 fully saturated rings. The average Bonchev–Trinajstić information content (AvgIpc) is 2.52. The maximum atomic E-state index is 11.8. The highest BCUT2D eigenvalue weighted by atomic mass is 16.5. The Labute approximate surface area is 133 Å². The second-order valence-electron chi connectivity index (χ2n) is 5.38. The summed E-state index contributed by atoms with van der Waals surface area (Å²) in [5, 5.41) is 2.95. The molecule has 5 heteroatoms. The van der Waals surface area contributed by atoms with Crippen LogP contribution < -0.4 is 14.8 Å². The van der Waals surface area contributed by atoms with Gasteiger partial charge >= 0.3 is 0 Å². The lowest BCUT2D eigenvalue weighted by atomic mass is 10.1. The molecule has 1 N–H and O–H groups in total. The minimum atomic E-state index is 0.0686. The van der Waals surface area contributed by atoms with E-state index in [4.69, 9.17) is 9.47 Å². The van der Waals surface area contributed by atoms with Gasteiger partial charge in [-0.25, -0.2) is 0 Å². The molecular formula is C17H28N2O3. The van der Waals surface area contributed by atoms with Gasteiger partial charge in [0.15, 0.2) is 11.5 Å². The Morgan fingerprint density at radius 1 is 1.23 bits per heavy atom. The lowest BCUT2D eigenvalue weighted by molar-refractivity contribution is -0.121. The standard InChI is InChI=1S/C17H28N2O3/c1-5-6-11-19(2)13-17(20)18-10-9-14-7-8-15(21-3)16(12-14)22-4/h7-8,12H,5-6,9-11,13H2,1-4H3,(H,18,20). The maximum Gasteiger partial charge on any atom is 0.234 e. The summed E-state index contributed by atoms with van der Waals surface area (Å²) in [6.07, 6.45) is 3.03. The fraction of sp³-hybridized carbons (Fsp3) is 0.588. The van der Waals surface area contributed by atoms with E-state index in [0.29, 0.717) is 24.6 Å². The predicted molar refractivity (Wildman–Crippen MR) is 88.7 cm³/mol. The number of nitrogens with one attached hydrogen (secondary N) is 1. The first-order valence-corrected chi connectivity index (χ1v) is 7.76. The van der Waals surface area contributed by atoms with Crippen molar-refractivity contribution in [2.75, 3.05) is 40.9 Å². The van der Waals surface area contributed by atoms with Crippen molar-refractivity contribution in [1.82, 2.24) is 10.2 Å². The Morgan fingerprint density at radius 2 is 1.95 bits per heavy atom. The number of unbranched alkanes of at least 4 members (excludes halogenated alkanes) is 1. The van der Waals surface area contributed by atoms with Crippen molar-refractivity contribution in [3.05, 3.63) is 23.8 Å². The first-order valence-electron chi connectivity index (χ1n) is 7.76. The van der Waals surface area contributed by atoms with Gasteiger partial charge in [-0.05, 0) is 44.1 Å². The Kier molecular flexibility index (Phi) is 8.36. The number of carbonyl (C=O) groups excluding carboxylic acids is 1. The second kappa shape index (κ2) is 10.1. The Balaban J connectivity index is 2.36. The molecule has 0 aliphatic heterocycles. The Bertz CT molecular complexity index is 463. The molecule has 0 bridgehead atoms. The summed E-state index contributed by atoms with van der Waals surface area (Å²) in [7, 11) is 5.21. The number of hydrogen-bond acceptors (Lipinski definition) is 4. The smallest absolute Gasteiger partial charge is 0.234 e. The zero-order valence-corrected chi connectivity index (χ0v) is 14.1. The van der Waals surface area contributed by atoms with Gasteiger partial charge < -0.3 is 14.8 Å². The molecule has 0 saturated heterocycles. The van der Waals surface area contributed by atoms with Gasteiger partial charge in [-0.3, -0.25) is 9.69 Å². The molecule has 0 spiro atoms. The van der Waals surface area contributed by atoms with Gasteiger partial charge in [0.2, 0.25) is 5.91 Å². The van der Waals surface area contributed by atoms with E-state index < -0.39 is 0 Å². The Hall–Kier alpha value is -1.75. The van der Waals surface area contributed by atoms with Crippen molar-refractivity contribution < 1.29 is 14.3 Å². The van der Waals surface area contributed by atoms with E-state index in [2.05, 4.69) is 17.1 Å². The van der Waals surface area contributed by atoms with Crippen molar-refractivity contribution in [1.29, 1.82) is 0 Å². The normalized spacial score (nSPS) is 10.6. The largest absolute Gasteiger partial charge is 0.493 e. The summed E-state index contributed by atoms with van der Waals surface area (Å²) >= 11 is 0. The maximum absolute atomic E-state index is 11.8. The molecule has 124 valence electrons. The van der Waals surface area contributed by atoms with Crippen molar-refractivity contribution in [2.45, 2.75) is 26.2 Å². The number of ether oxygens (including phenoxy) is 2. The lowest BCUT2D eigenvalue weighted by Crippen LogP contribution is -2.36. The monoisotopic (exact) mass is 308 g/mol. The van der Waals surface area contributed by atoms with Crippen LogP contribution in [0.2, 0.25) is 0 Å². The van der Waals surface area contributed by atoms with Crippen LogP contribution in [0.5, 0.6) is 11.5 Å². The number of amides is 1. The molecule has 0 aliphatic rings. The van der Waals surface area contributed by atoms with Crippen molar-refractivity contribution >= 4 is 5.91 Å². The third kappa shape index (κ3) is 6.35. The number of carbonyl (C=O) groups is 1. The third-order valence-corrected chi connectivity index (χ3v) is 3.49. The molecule has 0 atom stereocenters. The fourth-order valence-electron chi connectivity index (χ4n) is 2.19. The van der Waals surface area contributed by atoms with Crippen LogP contribution in [0, 0.1) is 0 Å². The summed E-state index contributed by atoms with van der Waals surface area (Å²) in [5.41, 5.74) is 1.11. The molecule has 0 aliphatic carbocycles. The number of nitrogens with zero attached hydrogens (tertiary/aromatic N) is 1. The van der Waals surface area contributed by atoms with Gasteiger partial charge in [-0.1, -0.05) is 19.4 Å². The number of rotatable bonds is 10. The second-order valence-corrected chi connectivity index (χ2v) is 5.38. The van der Waals surface area contributed by atoms with E-state index in [1.807, 2.05) is 25.2 Å². The summed E-state index contributed by atoms with van der Waals surface area (Å²) in [5.74, 6) is 1.50. The minimum absolute atomic E-state index is 0.0686. The first-order chi connectivity index (χ1) is 10.6. The fourth-order valence-corrected chi connectivity index (χ4v) is 2.19. The molecule has 0 heterocycles. The van der Waals surface area contributed by atoms with E-state index in [9.17, 15) is 4.79 Å². The van der Waals surface area contributed by atoms with Gasteiger partial charge in [0.05, 0.1) is 20.8 Å². The molecule has 0 saturated carbocycles. The number of benzene rings is 1. The number of methoxy groups -OCH3 is 2. The van der Waals surface area contributed by atoms with Gasteiger partial charge in [0.25, 0.3) is 0 Å². The van der Waals surface area contributed by atoms with Crippen LogP contribution in [0.1, 0.15) is 25.3 Å². The molecule has 0 unspecified atom stereocenters. The summed E-state index contributed by atoms with van der Waals surface area (Å²) in [6.45, 7) is 4.18.